The second-order valence-electron chi connectivity index (χ2n) is 6.98. The zero-order chi connectivity index (χ0) is 16.6. The third kappa shape index (κ3) is 3.23. The van der Waals surface area contributed by atoms with Crippen LogP contribution in [0.25, 0.3) is 0 Å². The minimum absolute atomic E-state index is 0.0477. The van der Waals surface area contributed by atoms with Crippen molar-refractivity contribution < 1.29 is 9.53 Å². The van der Waals surface area contributed by atoms with E-state index in [0.29, 0.717) is 0 Å². The summed E-state index contributed by atoms with van der Waals surface area (Å²) in [7, 11) is 1.89. The Morgan fingerprint density at radius 1 is 1.30 bits per heavy atom. The molecule has 2 aromatic rings. The molecule has 1 aliphatic rings. The molecule has 0 saturated carbocycles. The molecule has 23 heavy (non-hydrogen) atoms. The number of carbonyl (C=O) groups is 1. The normalized spacial score (nSPS) is 17.7. The summed E-state index contributed by atoms with van der Waals surface area (Å²) >= 11 is 0. The molecule has 1 aliphatic heterocycles. The third-order valence-electron chi connectivity index (χ3n) is 3.95. The monoisotopic (exact) mass is 313 g/mol. The van der Waals surface area contributed by atoms with Crippen LogP contribution in [-0.4, -0.2) is 21.5 Å². The first-order valence-corrected chi connectivity index (χ1v) is 7.94. The van der Waals surface area contributed by atoms with E-state index in [0.717, 1.165) is 24.1 Å². The highest BCUT2D eigenvalue weighted by atomic mass is 16.6. The van der Waals surface area contributed by atoms with Gasteiger partial charge in [0.15, 0.2) is 0 Å². The highest BCUT2D eigenvalue weighted by molar-refractivity contribution is 5.90. The van der Waals surface area contributed by atoms with Crippen LogP contribution in [0, 0.1) is 0 Å². The maximum absolute atomic E-state index is 12.8. The number of aromatic nitrogens is 2. The first-order valence-electron chi connectivity index (χ1n) is 7.94. The first-order chi connectivity index (χ1) is 10.8. The molecule has 0 fully saturated rings. The first kappa shape index (κ1) is 15.6. The number of anilines is 1. The smallest absolute Gasteiger partial charge is 0.415 e. The minimum atomic E-state index is -0.525. The zero-order valence-electron chi connectivity index (χ0n) is 14.1. The molecule has 2 heterocycles. The summed E-state index contributed by atoms with van der Waals surface area (Å²) in [5.41, 5.74) is 2.62. The predicted octanol–water partition coefficient (Wildman–Crippen LogP) is 3.85. The van der Waals surface area contributed by atoms with Crippen molar-refractivity contribution in [1.82, 2.24) is 9.78 Å². The zero-order valence-corrected chi connectivity index (χ0v) is 14.1. The fourth-order valence-corrected chi connectivity index (χ4v) is 3.01. The number of amides is 1. The molecule has 1 amide bonds. The van der Waals surface area contributed by atoms with E-state index in [1.807, 2.05) is 58.4 Å². The Hall–Kier alpha value is -2.30. The lowest BCUT2D eigenvalue weighted by Gasteiger charge is -2.37. The lowest BCUT2D eigenvalue weighted by atomic mass is 9.93. The van der Waals surface area contributed by atoms with Gasteiger partial charge in [-0.05, 0) is 45.2 Å². The van der Waals surface area contributed by atoms with Crippen molar-refractivity contribution >= 4 is 11.8 Å². The molecule has 1 unspecified atom stereocenters. The van der Waals surface area contributed by atoms with E-state index < -0.39 is 5.60 Å². The van der Waals surface area contributed by atoms with Crippen LogP contribution >= 0.6 is 0 Å². The molecule has 5 heteroatoms. The van der Waals surface area contributed by atoms with Crippen LogP contribution < -0.4 is 4.90 Å². The van der Waals surface area contributed by atoms with Crippen LogP contribution in [0.2, 0.25) is 0 Å². The molecule has 1 atom stereocenters. The summed E-state index contributed by atoms with van der Waals surface area (Å²) < 4.78 is 7.42. The Bertz CT molecular complexity index is 715. The van der Waals surface area contributed by atoms with E-state index in [1.54, 1.807) is 9.58 Å². The molecule has 3 rings (SSSR count). The Kier molecular flexibility index (Phi) is 3.88. The van der Waals surface area contributed by atoms with Crippen molar-refractivity contribution in [3.05, 3.63) is 47.8 Å². The van der Waals surface area contributed by atoms with Crippen LogP contribution in [0.15, 0.2) is 36.7 Å². The fourth-order valence-electron chi connectivity index (χ4n) is 3.01. The highest BCUT2D eigenvalue weighted by Crippen LogP contribution is 2.39. The summed E-state index contributed by atoms with van der Waals surface area (Å²) in [6, 6.07) is 7.99. The van der Waals surface area contributed by atoms with Gasteiger partial charge in [0.25, 0.3) is 0 Å². The Morgan fingerprint density at radius 2 is 2.04 bits per heavy atom. The number of benzene rings is 1. The summed E-state index contributed by atoms with van der Waals surface area (Å²) in [6.45, 7) is 5.67. The Morgan fingerprint density at radius 3 is 2.70 bits per heavy atom. The van der Waals surface area contributed by atoms with E-state index in [-0.39, 0.29) is 12.1 Å². The molecule has 0 aliphatic carbocycles. The fraction of sp³-hybridized carbons (Fsp3) is 0.444. The number of nitrogens with zero attached hydrogens (tertiary/aromatic N) is 3. The Labute approximate surface area is 136 Å². The molecule has 0 spiro atoms. The number of ether oxygens (including phenoxy) is 1. The van der Waals surface area contributed by atoms with Gasteiger partial charge in [0.05, 0.1) is 17.9 Å². The molecule has 5 nitrogen and oxygen atoms in total. The molecule has 0 radical (unpaired) electrons. The van der Waals surface area contributed by atoms with Gasteiger partial charge in [0, 0.05) is 18.8 Å². The second kappa shape index (κ2) is 5.72. The topological polar surface area (TPSA) is 47.4 Å². The van der Waals surface area contributed by atoms with Crippen molar-refractivity contribution in [3.8, 4) is 0 Å². The lowest BCUT2D eigenvalue weighted by Crippen LogP contribution is -2.41. The molecule has 122 valence electrons. The third-order valence-corrected chi connectivity index (χ3v) is 3.95. The van der Waals surface area contributed by atoms with Crippen molar-refractivity contribution in [2.45, 2.75) is 45.3 Å². The summed E-state index contributed by atoms with van der Waals surface area (Å²) in [5, 5.41) is 4.25. The quantitative estimate of drug-likeness (QED) is 0.803. The highest BCUT2D eigenvalue weighted by Gasteiger charge is 2.35. The molecule has 1 aromatic heterocycles. The van der Waals surface area contributed by atoms with E-state index in [4.69, 9.17) is 4.74 Å². The predicted molar refractivity (Wildman–Crippen MR) is 89.4 cm³/mol. The van der Waals surface area contributed by atoms with Crippen LogP contribution in [0.5, 0.6) is 0 Å². The van der Waals surface area contributed by atoms with Crippen LogP contribution in [0.1, 0.15) is 44.4 Å². The number of rotatable bonds is 1. The van der Waals surface area contributed by atoms with Crippen molar-refractivity contribution in [3.63, 3.8) is 0 Å². The van der Waals surface area contributed by atoms with Crippen LogP contribution in [0.4, 0.5) is 10.5 Å². The summed E-state index contributed by atoms with van der Waals surface area (Å²) in [5.74, 6) is 0. The molecule has 1 aromatic carbocycles. The van der Waals surface area contributed by atoms with Crippen LogP contribution in [0.3, 0.4) is 0 Å². The number of fused-ring (bicyclic) bond motifs is 1. The van der Waals surface area contributed by atoms with Gasteiger partial charge in [-0.2, -0.15) is 5.10 Å². The van der Waals surface area contributed by atoms with Gasteiger partial charge in [-0.15, -0.1) is 0 Å². The maximum Gasteiger partial charge on any atom is 0.415 e. The second-order valence-corrected chi connectivity index (χ2v) is 6.98. The minimum Gasteiger partial charge on any atom is -0.443 e. The van der Waals surface area contributed by atoms with Gasteiger partial charge in [-0.3, -0.25) is 9.58 Å². The largest absolute Gasteiger partial charge is 0.443 e. The van der Waals surface area contributed by atoms with Crippen LogP contribution in [-0.2, 0) is 18.2 Å². The number of carbonyl (C=O) groups excluding carboxylic acids is 1. The van der Waals surface area contributed by atoms with E-state index in [1.165, 1.54) is 5.56 Å². The molecular weight excluding hydrogens is 290 g/mol. The average molecular weight is 313 g/mol. The summed E-state index contributed by atoms with van der Waals surface area (Å²) in [6.07, 6.45) is 5.29. The number of hydrogen-bond acceptors (Lipinski definition) is 3. The van der Waals surface area contributed by atoms with Gasteiger partial charge in [0.2, 0.25) is 0 Å². The van der Waals surface area contributed by atoms with Gasteiger partial charge < -0.3 is 4.74 Å². The lowest BCUT2D eigenvalue weighted by molar-refractivity contribution is 0.0560. The van der Waals surface area contributed by atoms with Gasteiger partial charge in [0.1, 0.15) is 5.60 Å². The van der Waals surface area contributed by atoms with Crippen molar-refractivity contribution in [2.75, 3.05) is 4.90 Å². The van der Waals surface area contributed by atoms with E-state index in [9.17, 15) is 4.79 Å². The van der Waals surface area contributed by atoms with E-state index in [2.05, 4.69) is 11.2 Å². The molecule has 0 bridgehead atoms. The molecule has 0 N–H and O–H groups in total. The van der Waals surface area contributed by atoms with Gasteiger partial charge >= 0.3 is 6.09 Å². The number of hydrogen-bond donors (Lipinski definition) is 0. The standard InChI is InChI=1S/C18H23N3O2/c1-18(2,3)23-17(22)21-15-8-6-5-7-13(15)9-10-16(21)14-11-19-20(4)12-14/h5-8,11-12,16H,9-10H2,1-4H3. The maximum atomic E-state index is 12.8. The molecular formula is C18H23N3O2. The number of aryl methyl sites for hydroxylation is 2. The summed E-state index contributed by atoms with van der Waals surface area (Å²) in [4.78, 5) is 14.6. The molecule has 0 saturated heterocycles. The van der Waals surface area contributed by atoms with Gasteiger partial charge in [-0.25, -0.2) is 4.79 Å². The number of para-hydroxylation sites is 1. The van der Waals surface area contributed by atoms with Gasteiger partial charge in [-0.1, -0.05) is 18.2 Å². The van der Waals surface area contributed by atoms with Crippen molar-refractivity contribution in [2.24, 2.45) is 7.05 Å². The Balaban J connectivity index is 2.01. The average Bonchev–Trinajstić information content (AvgIpc) is 2.90. The van der Waals surface area contributed by atoms with Crippen molar-refractivity contribution in [1.29, 1.82) is 0 Å². The van der Waals surface area contributed by atoms with E-state index >= 15 is 0 Å². The SMILES string of the molecule is Cn1cc(C2CCc3ccccc3N2C(=O)OC(C)(C)C)cn1.